The molecule has 0 fully saturated rings. The summed E-state index contributed by atoms with van der Waals surface area (Å²) in [7, 11) is 1.64. The van der Waals surface area contributed by atoms with Crippen molar-refractivity contribution in [1.29, 1.82) is 0 Å². The summed E-state index contributed by atoms with van der Waals surface area (Å²) in [6.07, 6.45) is 3.78. The molecule has 0 aliphatic carbocycles. The predicted molar refractivity (Wildman–Crippen MR) is 84.5 cm³/mol. The second kappa shape index (κ2) is 6.90. The van der Waals surface area contributed by atoms with E-state index in [9.17, 15) is 0 Å². The maximum atomic E-state index is 5.25. The van der Waals surface area contributed by atoms with Crippen LogP contribution in [0.3, 0.4) is 0 Å². The van der Waals surface area contributed by atoms with E-state index in [1.165, 1.54) is 0 Å². The molecule has 0 aliphatic rings. The molecule has 2 rings (SSSR count). The van der Waals surface area contributed by atoms with Crippen molar-refractivity contribution < 1.29 is 4.74 Å². The number of methoxy groups -OCH3 is 1. The molecule has 0 N–H and O–H groups in total. The summed E-state index contributed by atoms with van der Waals surface area (Å²) in [5.74, 6) is 0.763. The van der Waals surface area contributed by atoms with E-state index in [0.717, 1.165) is 21.5 Å². The average Bonchev–Trinajstić information content (AvgIpc) is 2.46. The van der Waals surface area contributed by atoms with Crippen molar-refractivity contribution in [3.05, 3.63) is 64.6 Å². The second-order valence-corrected chi connectivity index (χ2v) is 4.79. The minimum atomic E-state index is 0.763. The molecule has 2 aromatic rings. The molecule has 0 aromatic heterocycles. The first kappa shape index (κ1) is 13.6. The van der Waals surface area contributed by atoms with Crippen LogP contribution in [-0.2, 0) is 0 Å². The minimum Gasteiger partial charge on any atom is -0.494 e. The van der Waals surface area contributed by atoms with Crippen LogP contribution >= 0.6 is 15.9 Å². The normalized spacial score (nSPS) is 11.8. The molecule has 0 saturated heterocycles. The number of nitrogens with zero attached hydrogens (tertiary/aromatic N) is 1. The standard InChI is InChI=1S/C16H14BrNO/c1-19-16-10-6-5-9-15(16)18-12-14(17)11-13-7-3-2-4-8-13/h2-12H,1H3/b14-11+,18-12?. The van der Waals surface area contributed by atoms with Crippen LogP contribution < -0.4 is 4.74 Å². The van der Waals surface area contributed by atoms with Gasteiger partial charge in [0.25, 0.3) is 0 Å². The van der Waals surface area contributed by atoms with Crippen molar-refractivity contribution in [2.45, 2.75) is 0 Å². The highest BCUT2D eigenvalue weighted by Crippen LogP contribution is 2.26. The summed E-state index contributed by atoms with van der Waals surface area (Å²) in [4.78, 5) is 4.41. The van der Waals surface area contributed by atoms with Crippen molar-refractivity contribution in [3.63, 3.8) is 0 Å². The van der Waals surface area contributed by atoms with Gasteiger partial charge in [-0.3, -0.25) is 4.99 Å². The van der Waals surface area contributed by atoms with Crippen molar-refractivity contribution in [2.75, 3.05) is 7.11 Å². The molecule has 0 spiro atoms. The number of para-hydroxylation sites is 2. The van der Waals surface area contributed by atoms with Gasteiger partial charge in [-0.15, -0.1) is 0 Å². The molecule has 96 valence electrons. The van der Waals surface area contributed by atoms with Gasteiger partial charge in [-0.1, -0.05) is 42.5 Å². The molecular formula is C16H14BrNO. The Labute approximate surface area is 121 Å². The van der Waals surface area contributed by atoms with Crippen molar-refractivity contribution in [2.24, 2.45) is 4.99 Å². The molecule has 0 atom stereocenters. The number of rotatable bonds is 4. The first-order valence-corrected chi connectivity index (χ1v) is 6.68. The number of hydrogen-bond donors (Lipinski definition) is 0. The predicted octanol–water partition coefficient (Wildman–Crippen LogP) is 4.83. The van der Waals surface area contributed by atoms with Gasteiger partial charge in [0.1, 0.15) is 11.4 Å². The molecule has 0 unspecified atom stereocenters. The molecule has 0 radical (unpaired) electrons. The van der Waals surface area contributed by atoms with E-state index >= 15 is 0 Å². The third-order valence-electron chi connectivity index (χ3n) is 2.52. The second-order valence-electron chi connectivity index (χ2n) is 3.87. The Bertz CT molecular complexity index is 591. The number of ether oxygens (including phenoxy) is 1. The fourth-order valence-electron chi connectivity index (χ4n) is 1.61. The Morgan fingerprint density at radius 3 is 2.47 bits per heavy atom. The fourth-order valence-corrected chi connectivity index (χ4v) is 1.98. The van der Waals surface area contributed by atoms with Gasteiger partial charge in [0.2, 0.25) is 0 Å². The summed E-state index contributed by atoms with van der Waals surface area (Å²) < 4.78 is 6.15. The first-order chi connectivity index (χ1) is 9.29. The van der Waals surface area contributed by atoms with Crippen LogP contribution in [0.1, 0.15) is 5.56 Å². The highest BCUT2D eigenvalue weighted by atomic mass is 79.9. The maximum Gasteiger partial charge on any atom is 0.144 e. The van der Waals surface area contributed by atoms with E-state index in [4.69, 9.17) is 4.74 Å². The van der Waals surface area contributed by atoms with Crippen molar-refractivity contribution in [3.8, 4) is 5.75 Å². The molecular weight excluding hydrogens is 302 g/mol. The Hall–Kier alpha value is -1.87. The zero-order valence-electron chi connectivity index (χ0n) is 10.6. The van der Waals surface area contributed by atoms with Gasteiger partial charge >= 0.3 is 0 Å². The monoisotopic (exact) mass is 315 g/mol. The summed E-state index contributed by atoms with van der Waals surface area (Å²) >= 11 is 3.49. The molecule has 0 heterocycles. The van der Waals surface area contributed by atoms with E-state index in [0.29, 0.717) is 0 Å². The molecule has 2 nitrogen and oxygen atoms in total. The third kappa shape index (κ3) is 4.07. The fraction of sp³-hybridized carbons (Fsp3) is 0.0625. The van der Waals surface area contributed by atoms with Crippen LogP contribution in [0.15, 0.2) is 64.1 Å². The van der Waals surface area contributed by atoms with Gasteiger partial charge < -0.3 is 4.74 Å². The Morgan fingerprint density at radius 1 is 1.05 bits per heavy atom. The summed E-state index contributed by atoms with van der Waals surface area (Å²) in [6.45, 7) is 0. The lowest BCUT2D eigenvalue weighted by molar-refractivity contribution is 0.416. The SMILES string of the molecule is COc1ccccc1N=C/C(Br)=C\c1ccccc1. The van der Waals surface area contributed by atoms with E-state index in [-0.39, 0.29) is 0 Å². The van der Waals surface area contributed by atoms with Gasteiger partial charge in [-0.25, -0.2) is 0 Å². The number of allylic oxidation sites excluding steroid dienone is 1. The lowest BCUT2D eigenvalue weighted by Crippen LogP contribution is -1.83. The number of benzene rings is 2. The summed E-state index contributed by atoms with van der Waals surface area (Å²) in [6, 6.07) is 17.7. The summed E-state index contributed by atoms with van der Waals surface area (Å²) in [5, 5.41) is 0. The molecule has 3 heteroatoms. The van der Waals surface area contributed by atoms with E-state index < -0.39 is 0 Å². The zero-order valence-corrected chi connectivity index (χ0v) is 12.2. The van der Waals surface area contributed by atoms with Gasteiger partial charge in [0.15, 0.2) is 0 Å². The van der Waals surface area contributed by atoms with Gasteiger partial charge in [0.05, 0.1) is 7.11 Å². The van der Waals surface area contributed by atoms with Gasteiger partial charge in [0, 0.05) is 10.7 Å². The first-order valence-electron chi connectivity index (χ1n) is 5.89. The highest BCUT2D eigenvalue weighted by Gasteiger charge is 1.97. The number of aliphatic imine (C=N–C) groups is 1. The van der Waals surface area contributed by atoms with E-state index in [2.05, 4.69) is 20.9 Å². The number of hydrogen-bond acceptors (Lipinski definition) is 2. The van der Waals surface area contributed by atoms with Crippen LogP contribution in [0, 0.1) is 0 Å². The zero-order chi connectivity index (χ0) is 13.5. The molecule has 0 bridgehead atoms. The number of halogens is 1. The third-order valence-corrected chi connectivity index (χ3v) is 2.95. The Balaban J connectivity index is 2.16. The van der Waals surface area contributed by atoms with Crippen molar-refractivity contribution >= 4 is 33.9 Å². The van der Waals surface area contributed by atoms with Gasteiger partial charge in [-0.2, -0.15) is 0 Å². The van der Waals surface area contributed by atoms with Crippen LogP contribution in [-0.4, -0.2) is 13.3 Å². The molecule has 0 saturated carbocycles. The Kier molecular flexibility index (Phi) is 4.93. The van der Waals surface area contributed by atoms with E-state index in [1.54, 1.807) is 13.3 Å². The molecule has 19 heavy (non-hydrogen) atoms. The van der Waals surface area contributed by atoms with Crippen LogP contribution in [0.5, 0.6) is 5.75 Å². The van der Waals surface area contributed by atoms with Crippen LogP contribution in [0.2, 0.25) is 0 Å². The lowest BCUT2D eigenvalue weighted by atomic mass is 10.2. The maximum absolute atomic E-state index is 5.25. The average molecular weight is 316 g/mol. The molecule has 0 amide bonds. The minimum absolute atomic E-state index is 0.763. The van der Waals surface area contributed by atoms with Crippen LogP contribution in [0.4, 0.5) is 5.69 Å². The van der Waals surface area contributed by atoms with Gasteiger partial charge in [-0.05, 0) is 39.7 Å². The van der Waals surface area contributed by atoms with Crippen LogP contribution in [0.25, 0.3) is 6.08 Å². The molecule has 0 aliphatic heterocycles. The molecule has 2 aromatic carbocycles. The largest absolute Gasteiger partial charge is 0.494 e. The quantitative estimate of drug-likeness (QED) is 0.740. The Morgan fingerprint density at radius 2 is 1.74 bits per heavy atom. The topological polar surface area (TPSA) is 21.6 Å². The van der Waals surface area contributed by atoms with E-state index in [1.807, 2.05) is 60.7 Å². The van der Waals surface area contributed by atoms with Crippen molar-refractivity contribution in [1.82, 2.24) is 0 Å². The lowest BCUT2D eigenvalue weighted by Gasteiger charge is -2.02. The smallest absolute Gasteiger partial charge is 0.144 e. The summed E-state index contributed by atoms with van der Waals surface area (Å²) in [5.41, 5.74) is 1.93. The highest BCUT2D eigenvalue weighted by molar-refractivity contribution is 9.12.